The van der Waals surface area contributed by atoms with Gasteiger partial charge in [0.1, 0.15) is 5.58 Å². The molecule has 0 fully saturated rings. The summed E-state index contributed by atoms with van der Waals surface area (Å²) in [5, 5.41) is 7.23. The van der Waals surface area contributed by atoms with Crippen LogP contribution >= 0.6 is 11.3 Å². The molecule has 0 aliphatic heterocycles. The Bertz CT molecular complexity index is 3920. The van der Waals surface area contributed by atoms with E-state index in [0.29, 0.717) is 0 Å². The number of furan rings is 1. The maximum atomic E-state index is 6.79. The second kappa shape index (κ2) is 16.6. The number of para-hydroxylation sites is 5. The summed E-state index contributed by atoms with van der Waals surface area (Å²) in [4.78, 5) is 4.72. The number of hydrogen-bond acceptors (Lipinski definition) is 4. The van der Waals surface area contributed by atoms with Gasteiger partial charge in [0.25, 0.3) is 0 Å². The maximum absolute atomic E-state index is 6.79. The van der Waals surface area contributed by atoms with Crippen molar-refractivity contribution < 1.29 is 4.42 Å². The van der Waals surface area contributed by atoms with Gasteiger partial charge in [0.15, 0.2) is 5.58 Å². The monoisotopic (exact) mass is 886 g/mol. The van der Waals surface area contributed by atoms with E-state index < -0.39 is 0 Å². The zero-order valence-corrected chi connectivity index (χ0v) is 37.8. The van der Waals surface area contributed by atoms with Crippen molar-refractivity contribution in [2.45, 2.75) is 0 Å². The van der Waals surface area contributed by atoms with Crippen LogP contribution in [-0.4, -0.2) is 0 Å². The van der Waals surface area contributed by atoms with Crippen LogP contribution in [0.5, 0.6) is 0 Å². The number of anilines is 6. The van der Waals surface area contributed by atoms with Crippen molar-refractivity contribution in [1.82, 2.24) is 0 Å². The van der Waals surface area contributed by atoms with E-state index in [1.165, 1.54) is 53.2 Å². The Morgan fingerprint density at radius 1 is 0.309 bits per heavy atom. The first-order valence-corrected chi connectivity index (χ1v) is 23.9. The highest BCUT2D eigenvalue weighted by molar-refractivity contribution is 7.26. The number of rotatable bonds is 9. The summed E-state index contributed by atoms with van der Waals surface area (Å²) in [7, 11) is 0. The Morgan fingerprint density at radius 3 is 1.47 bits per heavy atom. The lowest BCUT2D eigenvalue weighted by molar-refractivity contribution is 0.669. The average molecular weight is 887 g/mol. The van der Waals surface area contributed by atoms with Crippen LogP contribution in [0.3, 0.4) is 0 Å². The number of thiophene rings is 1. The van der Waals surface area contributed by atoms with Crippen molar-refractivity contribution >= 4 is 98.3 Å². The molecule has 0 aliphatic rings. The predicted molar refractivity (Wildman–Crippen MR) is 290 cm³/mol. The summed E-state index contributed by atoms with van der Waals surface area (Å²) in [5.74, 6) is 0. The van der Waals surface area contributed by atoms with Crippen LogP contribution in [0.2, 0.25) is 0 Å². The molecule has 0 radical (unpaired) electrons. The minimum absolute atomic E-state index is 0.841. The molecule has 4 heteroatoms. The molecule has 0 saturated carbocycles. The maximum Gasteiger partial charge on any atom is 0.159 e. The molecule has 0 saturated heterocycles. The van der Waals surface area contributed by atoms with Crippen molar-refractivity contribution in [3.8, 4) is 33.4 Å². The van der Waals surface area contributed by atoms with Gasteiger partial charge in [0, 0.05) is 64.8 Å². The summed E-state index contributed by atoms with van der Waals surface area (Å²) in [6, 6.07) is 91.8. The molecule has 0 unspecified atom stereocenters. The normalized spacial score (nSPS) is 11.5. The lowest BCUT2D eigenvalue weighted by Crippen LogP contribution is -2.13. The quantitative estimate of drug-likeness (QED) is 0.144. The third-order valence-electron chi connectivity index (χ3n) is 13.2. The van der Waals surface area contributed by atoms with E-state index >= 15 is 0 Å². The van der Waals surface area contributed by atoms with Gasteiger partial charge >= 0.3 is 0 Å². The molecule has 0 bridgehead atoms. The van der Waals surface area contributed by atoms with Crippen LogP contribution < -0.4 is 9.80 Å². The fraction of sp³-hybridized carbons (Fsp3) is 0. The standard InChI is InChI=1S/C64H42N2OS/c1-6-21-43(22-7-1)60-53-32-16-17-33-55(53)64-62(61(60)44-23-8-2-9-24-44)56-41-45(37-38-59(56)68-64)46-39-50(65(47-25-10-3-11-26-47)48-27-12-4-13-28-48)42-51(40-46)66(49-29-14-5-15-30-49)57-35-20-34-54-52-31-18-19-36-58(52)67-63(54)57/h1-42H. The zero-order chi connectivity index (χ0) is 45.0. The zero-order valence-electron chi connectivity index (χ0n) is 37.0. The first kappa shape index (κ1) is 39.6. The van der Waals surface area contributed by atoms with Crippen LogP contribution in [0, 0.1) is 0 Å². The molecule has 0 amide bonds. The molecule has 0 aliphatic carbocycles. The number of fused-ring (bicyclic) bond motifs is 8. The van der Waals surface area contributed by atoms with Crippen molar-refractivity contribution in [2.75, 3.05) is 9.80 Å². The lowest BCUT2D eigenvalue weighted by atomic mass is 9.86. The molecule has 0 N–H and O–H groups in total. The Kier molecular flexibility index (Phi) is 9.69. The summed E-state index contributed by atoms with van der Waals surface area (Å²) in [6.07, 6.45) is 0. The largest absolute Gasteiger partial charge is 0.454 e. The molecule has 2 aromatic heterocycles. The molecule has 13 rings (SSSR count). The fourth-order valence-corrected chi connectivity index (χ4v) is 11.4. The van der Waals surface area contributed by atoms with E-state index in [1.54, 1.807) is 0 Å². The number of benzene rings is 11. The van der Waals surface area contributed by atoms with Gasteiger partial charge in [0.05, 0.1) is 5.69 Å². The molecule has 68 heavy (non-hydrogen) atoms. The summed E-state index contributed by atoms with van der Waals surface area (Å²) in [5.41, 5.74) is 15.0. The van der Waals surface area contributed by atoms with Gasteiger partial charge in [-0.2, -0.15) is 0 Å². The SMILES string of the molecule is c1ccc(-c2c(-c3ccccc3)c3c4cc(-c5cc(N(c6ccccc6)c6ccccc6)cc(N(c6ccccc6)c6cccc7c6oc6ccccc67)c5)ccc4sc3c3ccccc23)cc1. The van der Waals surface area contributed by atoms with E-state index in [-0.39, 0.29) is 0 Å². The van der Waals surface area contributed by atoms with Crippen LogP contribution in [0.15, 0.2) is 259 Å². The average Bonchev–Trinajstić information content (AvgIpc) is 3.99. The lowest BCUT2D eigenvalue weighted by Gasteiger charge is -2.30. The second-order valence-corrected chi connectivity index (χ2v) is 18.3. The van der Waals surface area contributed by atoms with Gasteiger partial charge in [-0.1, -0.05) is 176 Å². The second-order valence-electron chi connectivity index (χ2n) is 17.2. The molecular weight excluding hydrogens is 845 g/mol. The summed E-state index contributed by atoms with van der Waals surface area (Å²) < 4.78 is 9.34. The third-order valence-corrected chi connectivity index (χ3v) is 14.4. The minimum Gasteiger partial charge on any atom is -0.454 e. The molecule has 3 nitrogen and oxygen atoms in total. The first-order valence-electron chi connectivity index (χ1n) is 23.1. The van der Waals surface area contributed by atoms with Crippen molar-refractivity contribution in [3.63, 3.8) is 0 Å². The van der Waals surface area contributed by atoms with E-state index in [2.05, 4.69) is 259 Å². The number of hydrogen-bond donors (Lipinski definition) is 0. The molecule has 13 aromatic rings. The number of nitrogens with zero attached hydrogens (tertiary/aromatic N) is 2. The predicted octanol–water partition coefficient (Wildman–Crippen LogP) is 19.0. The topological polar surface area (TPSA) is 19.6 Å². The first-order chi connectivity index (χ1) is 33.7. The Morgan fingerprint density at radius 2 is 0.824 bits per heavy atom. The van der Waals surface area contributed by atoms with Gasteiger partial charge in [-0.05, 0) is 118 Å². The highest BCUT2D eigenvalue weighted by Crippen LogP contribution is 2.52. The highest BCUT2D eigenvalue weighted by atomic mass is 32.1. The highest BCUT2D eigenvalue weighted by Gasteiger charge is 2.25. The van der Waals surface area contributed by atoms with Crippen LogP contribution in [0.1, 0.15) is 0 Å². The Labute approximate surface area is 398 Å². The molecule has 0 spiro atoms. The minimum atomic E-state index is 0.841. The van der Waals surface area contributed by atoms with E-state index in [4.69, 9.17) is 4.42 Å². The van der Waals surface area contributed by atoms with Crippen LogP contribution in [-0.2, 0) is 0 Å². The van der Waals surface area contributed by atoms with Gasteiger partial charge < -0.3 is 14.2 Å². The van der Waals surface area contributed by atoms with Crippen molar-refractivity contribution in [2.24, 2.45) is 0 Å². The van der Waals surface area contributed by atoms with Crippen molar-refractivity contribution in [3.05, 3.63) is 255 Å². The van der Waals surface area contributed by atoms with E-state index in [1.807, 2.05) is 17.4 Å². The van der Waals surface area contributed by atoms with Gasteiger partial charge in [-0.3, -0.25) is 0 Å². The third kappa shape index (κ3) is 6.73. The molecule has 0 atom stereocenters. The molecular formula is C64H42N2OS. The summed E-state index contributed by atoms with van der Waals surface area (Å²) in [6.45, 7) is 0. The molecule has 2 heterocycles. The molecule has 320 valence electrons. The van der Waals surface area contributed by atoms with Gasteiger partial charge in [-0.25, -0.2) is 0 Å². The van der Waals surface area contributed by atoms with E-state index in [9.17, 15) is 0 Å². The van der Waals surface area contributed by atoms with Crippen LogP contribution in [0.25, 0.3) is 86.3 Å². The van der Waals surface area contributed by atoms with Crippen LogP contribution in [0.4, 0.5) is 34.1 Å². The fourth-order valence-electron chi connectivity index (χ4n) is 10.2. The Hall–Kier alpha value is -8.70. The van der Waals surface area contributed by atoms with Gasteiger partial charge in [-0.15, -0.1) is 11.3 Å². The Balaban J connectivity index is 1.11. The summed E-state index contributed by atoms with van der Waals surface area (Å²) >= 11 is 1.89. The smallest absolute Gasteiger partial charge is 0.159 e. The van der Waals surface area contributed by atoms with E-state index in [0.717, 1.165) is 67.2 Å². The van der Waals surface area contributed by atoms with Crippen molar-refractivity contribution in [1.29, 1.82) is 0 Å². The van der Waals surface area contributed by atoms with Gasteiger partial charge in [0.2, 0.25) is 0 Å². The molecule has 11 aromatic carbocycles.